The van der Waals surface area contributed by atoms with E-state index >= 15 is 0 Å². The lowest BCUT2D eigenvalue weighted by molar-refractivity contribution is -0.0889. The summed E-state index contributed by atoms with van der Waals surface area (Å²) in [7, 11) is 3.17. The van der Waals surface area contributed by atoms with Gasteiger partial charge in [0.1, 0.15) is 24.4 Å². The first-order valence-corrected chi connectivity index (χ1v) is 11.1. The van der Waals surface area contributed by atoms with Crippen molar-refractivity contribution in [1.82, 2.24) is 24.3 Å². The molecule has 2 N–H and O–H groups in total. The lowest BCUT2D eigenvalue weighted by Gasteiger charge is -2.23. The van der Waals surface area contributed by atoms with Crippen molar-refractivity contribution in [2.45, 2.75) is 37.8 Å². The summed E-state index contributed by atoms with van der Waals surface area (Å²) in [6.45, 7) is -0.287. The number of alkyl halides is 3. The Morgan fingerprint density at radius 3 is 2.58 bits per heavy atom. The van der Waals surface area contributed by atoms with Crippen LogP contribution in [0.2, 0.25) is 0 Å². The minimum Gasteiger partial charge on any atom is -0.374 e. The minimum atomic E-state index is -4.54. The van der Waals surface area contributed by atoms with Crippen LogP contribution in [0.1, 0.15) is 12.2 Å². The highest BCUT2D eigenvalue weighted by atomic mass is 19.4. The highest BCUT2D eigenvalue weighted by molar-refractivity contribution is 5.39. The minimum absolute atomic E-state index is 0.00946. The zero-order valence-electron chi connectivity index (χ0n) is 19.6. The Bertz CT molecular complexity index is 1330. The van der Waals surface area contributed by atoms with E-state index in [1.807, 2.05) is 18.2 Å². The highest BCUT2D eigenvalue weighted by Gasteiger charge is 2.34. The highest BCUT2D eigenvalue weighted by Crippen LogP contribution is 2.31. The summed E-state index contributed by atoms with van der Waals surface area (Å²) in [6.07, 6.45) is 7.93. The van der Waals surface area contributed by atoms with Crippen LogP contribution in [0.25, 0.3) is 5.82 Å². The number of methoxy groups -OCH3 is 2. The monoisotopic (exact) mass is 502 g/mol. The number of nitrogens with zero attached hydrogens (tertiary/aromatic N) is 5. The fourth-order valence-corrected chi connectivity index (χ4v) is 3.99. The van der Waals surface area contributed by atoms with Crippen LogP contribution in [-0.2, 0) is 22.4 Å². The molecule has 2 aliphatic carbocycles. The molecule has 2 unspecified atom stereocenters. The molecule has 36 heavy (non-hydrogen) atoms. The SMILES string of the molecule is COC1C=CC(Cc2nc(N)nn2-c2cc(=O)n(CC3=C(C(F)(F)F)C=CCC=C3)cn2)=CC1OC. The van der Waals surface area contributed by atoms with Crippen LogP contribution >= 0.6 is 0 Å². The molecule has 2 aromatic heterocycles. The zero-order valence-corrected chi connectivity index (χ0v) is 19.6. The van der Waals surface area contributed by atoms with E-state index in [1.54, 1.807) is 20.3 Å². The first-order chi connectivity index (χ1) is 17.2. The smallest absolute Gasteiger partial charge is 0.374 e. The average Bonchev–Trinajstić information content (AvgIpc) is 3.03. The molecule has 2 atom stereocenters. The molecule has 2 heterocycles. The largest absolute Gasteiger partial charge is 0.416 e. The van der Waals surface area contributed by atoms with Gasteiger partial charge in [-0.15, -0.1) is 5.10 Å². The van der Waals surface area contributed by atoms with Crippen LogP contribution in [0.15, 0.2) is 76.4 Å². The van der Waals surface area contributed by atoms with Gasteiger partial charge in [-0.25, -0.2) is 4.98 Å². The molecular weight excluding hydrogens is 477 g/mol. The van der Waals surface area contributed by atoms with Gasteiger partial charge in [0.05, 0.1) is 12.1 Å². The van der Waals surface area contributed by atoms with Crippen LogP contribution in [0.5, 0.6) is 0 Å². The maximum atomic E-state index is 13.5. The van der Waals surface area contributed by atoms with Crippen LogP contribution < -0.4 is 11.3 Å². The Hall–Kier alpha value is -3.77. The Morgan fingerprint density at radius 1 is 1.14 bits per heavy atom. The van der Waals surface area contributed by atoms with Crippen LogP contribution in [-0.4, -0.2) is 56.9 Å². The summed E-state index contributed by atoms with van der Waals surface area (Å²) < 4.78 is 53.7. The van der Waals surface area contributed by atoms with Gasteiger partial charge in [0.2, 0.25) is 5.95 Å². The summed E-state index contributed by atoms with van der Waals surface area (Å²) >= 11 is 0. The van der Waals surface area contributed by atoms with Gasteiger partial charge in [-0.3, -0.25) is 9.36 Å². The lowest BCUT2D eigenvalue weighted by atomic mass is 9.99. The van der Waals surface area contributed by atoms with E-state index in [9.17, 15) is 18.0 Å². The molecule has 12 heteroatoms. The summed E-state index contributed by atoms with van der Waals surface area (Å²) in [5, 5.41) is 4.15. The van der Waals surface area contributed by atoms with E-state index in [4.69, 9.17) is 15.2 Å². The Labute approximate surface area is 204 Å². The van der Waals surface area contributed by atoms with Crippen molar-refractivity contribution in [3.63, 3.8) is 0 Å². The van der Waals surface area contributed by atoms with Gasteiger partial charge in [0.15, 0.2) is 5.82 Å². The summed E-state index contributed by atoms with van der Waals surface area (Å²) in [6, 6.07) is 1.19. The topological polar surface area (TPSA) is 110 Å². The molecule has 9 nitrogen and oxygen atoms in total. The van der Waals surface area contributed by atoms with Gasteiger partial charge in [0, 0.05) is 26.7 Å². The number of ether oxygens (including phenoxy) is 2. The van der Waals surface area contributed by atoms with Crippen molar-refractivity contribution in [3.8, 4) is 5.82 Å². The summed E-state index contributed by atoms with van der Waals surface area (Å²) in [5.74, 6) is 0.567. The first kappa shape index (κ1) is 25.3. The van der Waals surface area contributed by atoms with E-state index in [0.717, 1.165) is 16.2 Å². The summed E-state index contributed by atoms with van der Waals surface area (Å²) in [4.78, 5) is 21.3. The zero-order chi connectivity index (χ0) is 25.9. The first-order valence-electron chi connectivity index (χ1n) is 11.1. The molecule has 0 fully saturated rings. The molecule has 4 rings (SSSR count). The molecule has 0 spiro atoms. The van der Waals surface area contributed by atoms with E-state index < -0.39 is 17.3 Å². The van der Waals surface area contributed by atoms with Crippen molar-refractivity contribution in [1.29, 1.82) is 0 Å². The lowest BCUT2D eigenvalue weighted by Crippen LogP contribution is -2.29. The van der Waals surface area contributed by atoms with Crippen molar-refractivity contribution < 1.29 is 22.6 Å². The number of anilines is 1. The maximum Gasteiger partial charge on any atom is 0.416 e. The molecule has 0 aromatic carbocycles. The third-order valence-electron chi connectivity index (χ3n) is 5.75. The van der Waals surface area contributed by atoms with Gasteiger partial charge in [-0.05, 0) is 23.6 Å². The number of aromatic nitrogens is 5. The van der Waals surface area contributed by atoms with Gasteiger partial charge < -0.3 is 15.2 Å². The van der Waals surface area contributed by atoms with E-state index in [1.165, 1.54) is 29.2 Å². The van der Waals surface area contributed by atoms with E-state index in [-0.39, 0.29) is 36.1 Å². The molecule has 0 saturated heterocycles. The number of halogens is 3. The normalized spacial score (nSPS) is 20.1. The molecule has 0 saturated carbocycles. The maximum absolute atomic E-state index is 13.5. The van der Waals surface area contributed by atoms with Crippen molar-refractivity contribution in [3.05, 3.63) is 87.8 Å². The molecule has 0 aliphatic heterocycles. The van der Waals surface area contributed by atoms with Crippen LogP contribution in [0.4, 0.5) is 19.1 Å². The Morgan fingerprint density at radius 2 is 1.89 bits per heavy atom. The van der Waals surface area contributed by atoms with Crippen molar-refractivity contribution in [2.24, 2.45) is 0 Å². The molecule has 0 amide bonds. The molecule has 0 bridgehead atoms. The Kier molecular flexibility index (Phi) is 7.36. The number of nitrogen functional groups attached to an aromatic ring is 1. The third-order valence-corrected chi connectivity index (χ3v) is 5.75. The van der Waals surface area contributed by atoms with E-state index in [2.05, 4.69) is 15.1 Å². The summed E-state index contributed by atoms with van der Waals surface area (Å²) in [5.41, 5.74) is 5.32. The molecule has 0 radical (unpaired) electrons. The second kappa shape index (κ2) is 10.5. The van der Waals surface area contributed by atoms with Crippen molar-refractivity contribution in [2.75, 3.05) is 20.0 Å². The van der Waals surface area contributed by atoms with Crippen molar-refractivity contribution >= 4 is 5.95 Å². The quantitative estimate of drug-likeness (QED) is 0.620. The predicted molar refractivity (Wildman–Crippen MR) is 126 cm³/mol. The predicted octanol–water partition coefficient (Wildman–Crippen LogP) is 2.85. The molecule has 190 valence electrons. The fourth-order valence-electron chi connectivity index (χ4n) is 3.99. The van der Waals surface area contributed by atoms with Gasteiger partial charge in [0.25, 0.3) is 5.56 Å². The average molecular weight is 502 g/mol. The van der Waals surface area contributed by atoms with E-state index in [0.29, 0.717) is 18.7 Å². The fraction of sp³-hybridized carbons (Fsp3) is 0.333. The van der Waals surface area contributed by atoms with Gasteiger partial charge >= 0.3 is 6.18 Å². The van der Waals surface area contributed by atoms with Gasteiger partial charge in [-0.1, -0.05) is 36.5 Å². The number of hydrogen-bond acceptors (Lipinski definition) is 7. The second-order valence-electron chi connectivity index (χ2n) is 8.17. The number of nitrogens with two attached hydrogens (primary N) is 1. The molecule has 2 aromatic rings. The number of allylic oxidation sites excluding steroid dienone is 8. The number of hydrogen-bond donors (Lipinski definition) is 1. The number of rotatable bonds is 7. The third kappa shape index (κ3) is 5.55. The van der Waals surface area contributed by atoms with Gasteiger partial charge in [-0.2, -0.15) is 22.8 Å². The Balaban J connectivity index is 1.62. The standard InChI is InChI=1S/C24H25F3N6O3/c1-35-18-9-8-15(10-19(18)36-2)11-21-30-23(28)31-33(21)20-12-22(34)32(14-29-20)13-16-6-4-3-5-7-17(16)24(25,26)27/h4-10,12,14,18-19H,3,11,13H2,1-2H3,(H2,28,31). The van der Waals surface area contributed by atoms with Crippen LogP contribution in [0, 0.1) is 0 Å². The van der Waals surface area contributed by atoms with Crippen LogP contribution in [0.3, 0.4) is 0 Å². The second-order valence-corrected chi connectivity index (χ2v) is 8.17. The molecule has 2 aliphatic rings. The molecular formula is C24H25F3N6O3.